The molecule has 3 N–H and O–H groups in total. The number of halogens is 2. The number of carbonyl (C=O) groups is 2. The van der Waals surface area contributed by atoms with E-state index in [0.29, 0.717) is 6.54 Å². The van der Waals surface area contributed by atoms with E-state index in [2.05, 4.69) is 10.3 Å². The highest BCUT2D eigenvalue weighted by molar-refractivity contribution is 7.18. The van der Waals surface area contributed by atoms with Crippen LogP contribution >= 0.6 is 36.2 Å². The van der Waals surface area contributed by atoms with Crippen LogP contribution < -0.4 is 11.1 Å². The van der Waals surface area contributed by atoms with Gasteiger partial charge in [-0.15, -0.1) is 36.2 Å². The zero-order valence-corrected chi connectivity index (χ0v) is 16.8. The van der Waals surface area contributed by atoms with Crippen LogP contribution in [-0.4, -0.2) is 41.3 Å². The van der Waals surface area contributed by atoms with Crippen molar-refractivity contribution in [2.24, 2.45) is 11.7 Å². The van der Waals surface area contributed by atoms with Crippen LogP contribution in [0.2, 0.25) is 0 Å². The van der Waals surface area contributed by atoms with Gasteiger partial charge in [0.25, 0.3) is 0 Å². The van der Waals surface area contributed by atoms with Crippen LogP contribution in [0.15, 0.2) is 24.3 Å². The van der Waals surface area contributed by atoms with Gasteiger partial charge in [-0.3, -0.25) is 9.59 Å². The third-order valence-corrected chi connectivity index (χ3v) is 4.59. The van der Waals surface area contributed by atoms with E-state index in [4.69, 9.17) is 5.73 Å². The highest BCUT2D eigenvalue weighted by atomic mass is 35.5. The number of likely N-dealkylation sites (N-methyl/N-ethyl adjacent to an activating group) is 1. The van der Waals surface area contributed by atoms with Crippen LogP contribution in [-0.2, 0) is 16.1 Å². The Morgan fingerprint density at radius 1 is 1.28 bits per heavy atom. The lowest BCUT2D eigenvalue weighted by Crippen LogP contribution is -2.47. The number of benzene rings is 1. The molecule has 0 unspecified atom stereocenters. The Labute approximate surface area is 164 Å². The minimum atomic E-state index is -0.600. The van der Waals surface area contributed by atoms with E-state index in [9.17, 15) is 9.59 Å². The lowest BCUT2D eigenvalue weighted by Gasteiger charge is -2.18. The summed E-state index contributed by atoms with van der Waals surface area (Å²) in [6.07, 6.45) is 0. The fourth-order valence-electron chi connectivity index (χ4n) is 2.00. The van der Waals surface area contributed by atoms with Crippen molar-refractivity contribution in [3.05, 3.63) is 29.3 Å². The SMILES string of the molecule is CC(C)[C@H](N)C(=O)NCC(=O)N(C)Cc1nc2ccccc2s1.Cl.Cl. The summed E-state index contributed by atoms with van der Waals surface area (Å²) in [6, 6.07) is 7.26. The number of rotatable bonds is 6. The summed E-state index contributed by atoms with van der Waals surface area (Å²) in [6.45, 7) is 4.10. The maximum Gasteiger partial charge on any atom is 0.242 e. The summed E-state index contributed by atoms with van der Waals surface area (Å²) in [4.78, 5) is 29.9. The zero-order chi connectivity index (χ0) is 17.0. The third kappa shape index (κ3) is 6.43. The van der Waals surface area contributed by atoms with Gasteiger partial charge in [0.05, 0.1) is 29.3 Å². The van der Waals surface area contributed by atoms with Crippen molar-refractivity contribution in [2.45, 2.75) is 26.4 Å². The number of fused-ring (bicyclic) bond motifs is 1. The van der Waals surface area contributed by atoms with Gasteiger partial charge in [0.1, 0.15) is 5.01 Å². The number of aromatic nitrogens is 1. The van der Waals surface area contributed by atoms with E-state index in [-0.39, 0.29) is 49.1 Å². The molecule has 2 aromatic rings. The van der Waals surface area contributed by atoms with Crippen molar-refractivity contribution in [1.29, 1.82) is 0 Å². The lowest BCUT2D eigenvalue weighted by atomic mass is 10.1. The molecule has 0 radical (unpaired) electrons. The molecule has 0 bridgehead atoms. The number of carbonyl (C=O) groups excluding carboxylic acids is 2. The summed E-state index contributed by atoms with van der Waals surface area (Å²) in [5, 5.41) is 3.45. The monoisotopic (exact) mass is 406 g/mol. The van der Waals surface area contributed by atoms with Crippen molar-refractivity contribution in [3.8, 4) is 0 Å². The number of hydrogen-bond donors (Lipinski definition) is 2. The lowest BCUT2D eigenvalue weighted by molar-refractivity contribution is -0.132. The number of hydrogen-bond acceptors (Lipinski definition) is 5. The van der Waals surface area contributed by atoms with Crippen molar-refractivity contribution < 1.29 is 9.59 Å². The van der Waals surface area contributed by atoms with Crippen LogP contribution in [0, 0.1) is 5.92 Å². The molecule has 0 saturated heterocycles. The molecule has 0 aliphatic carbocycles. The third-order valence-electron chi connectivity index (χ3n) is 3.57. The maximum absolute atomic E-state index is 12.1. The largest absolute Gasteiger partial charge is 0.346 e. The van der Waals surface area contributed by atoms with Crippen LogP contribution in [0.25, 0.3) is 10.2 Å². The Morgan fingerprint density at radius 2 is 1.92 bits per heavy atom. The van der Waals surface area contributed by atoms with Crippen molar-refractivity contribution >= 4 is 58.2 Å². The second-order valence-corrected chi connectivity index (χ2v) is 6.93. The minimum Gasteiger partial charge on any atom is -0.346 e. The number of nitrogens with zero attached hydrogens (tertiary/aromatic N) is 2. The van der Waals surface area contributed by atoms with Crippen LogP contribution in [0.1, 0.15) is 18.9 Å². The van der Waals surface area contributed by atoms with Gasteiger partial charge in [-0.05, 0) is 18.1 Å². The van der Waals surface area contributed by atoms with Crippen LogP contribution in [0.4, 0.5) is 0 Å². The smallest absolute Gasteiger partial charge is 0.242 e. The quantitative estimate of drug-likeness (QED) is 0.769. The zero-order valence-electron chi connectivity index (χ0n) is 14.4. The molecular formula is C16H24Cl2N4O2S. The van der Waals surface area contributed by atoms with Crippen LogP contribution in [0.5, 0.6) is 0 Å². The Morgan fingerprint density at radius 3 is 2.52 bits per heavy atom. The van der Waals surface area contributed by atoms with E-state index in [1.807, 2.05) is 38.1 Å². The first-order chi connectivity index (χ1) is 10.9. The second-order valence-electron chi connectivity index (χ2n) is 5.81. The first-order valence-electron chi connectivity index (χ1n) is 7.50. The molecule has 140 valence electrons. The Hall–Kier alpha value is -1.41. The summed E-state index contributed by atoms with van der Waals surface area (Å²) in [5.41, 5.74) is 6.68. The summed E-state index contributed by atoms with van der Waals surface area (Å²) in [5.74, 6) is -0.444. The first kappa shape index (κ1) is 23.6. The Kier molecular flexibility index (Phi) is 9.96. The van der Waals surface area contributed by atoms with E-state index in [0.717, 1.165) is 15.2 Å². The molecule has 6 nitrogen and oxygen atoms in total. The van der Waals surface area contributed by atoms with E-state index in [1.54, 1.807) is 23.3 Å². The minimum absolute atomic E-state index is 0. The fourth-order valence-corrected chi connectivity index (χ4v) is 3.02. The average Bonchev–Trinajstić information content (AvgIpc) is 2.93. The Bertz CT molecular complexity index is 675. The number of nitrogens with two attached hydrogens (primary N) is 1. The number of amides is 2. The van der Waals surface area contributed by atoms with Gasteiger partial charge in [0.2, 0.25) is 11.8 Å². The van der Waals surface area contributed by atoms with E-state index in [1.165, 1.54) is 0 Å². The van der Waals surface area contributed by atoms with Crippen LogP contribution in [0.3, 0.4) is 0 Å². The molecule has 25 heavy (non-hydrogen) atoms. The summed E-state index contributed by atoms with van der Waals surface area (Å²) >= 11 is 1.56. The molecule has 0 aliphatic rings. The molecule has 1 heterocycles. The molecule has 1 aromatic carbocycles. The van der Waals surface area contributed by atoms with Gasteiger partial charge in [-0.25, -0.2) is 4.98 Å². The van der Waals surface area contributed by atoms with Gasteiger partial charge in [0, 0.05) is 7.05 Å². The molecule has 2 rings (SSSR count). The molecule has 1 aromatic heterocycles. The summed E-state index contributed by atoms with van der Waals surface area (Å²) < 4.78 is 1.10. The fraction of sp³-hybridized carbons (Fsp3) is 0.438. The van der Waals surface area contributed by atoms with E-state index < -0.39 is 6.04 Å². The molecular weight excluding hydrogens is 383 g/mol. The molecule has 1 atom stereocenters. The van der Waals surface area contributed by atoms with Gasteiger partial charge in [0.15, 0.2) is 0 Å². The Balaban J connectivity index is 0.00000288. The topological polar surface area (TPSA) is 88.3 Å². The molecule has 9 heteroatoms. The average molecular weight is 407 g/mol. The molecule has 0 saturated carbocycles. The number of nitrogens with one attached hydrogen (secondary N) is 1. The normalized spacial score (nSPS) is 11.4. The second kappa shape index (κ2) is 10.6. The van der Waals surface area contributed by atoms with Crippen molar-refractivity contribution in [1.82, 2.24) is 15.2 Å². The predicted molar refractivity (Wildman–Crippen MR) is 106 cm³/mol. The first-order valence-corrected chi connectivity index (χ1v) is 8.32. The van der Waals surface area contributed by atoms with Crippen molar-refractivity contribution in [2.75, 3.05) is 13.6 Å². The maximum atomic E-state index is 12.1. The predicted octanol–water partition coefficient (Wildman–Crippen LogP) is 2.20. The molecule has 0 spiro atoms. The number of para-hydroxylation sites is 1. The van der Waals surface area contributed by atoms with Gasteiger partial charge in [-0.2, -0.15) is 0 Å². The summed E-state index contributed by atoms with van der Waals surface area (Å²) in [7, 11) is 1.70. The van der Waals surface area contributed by atoms with Crippen molar-refractivity contribution in [3.63, 3.8) is 0 Å². The van der Waals surface area contributed by atoms with E-state index >= 15 is 0 Å². The standard InChI is InChI=1S/C16H22N4O2S.2ClH/c1-10(2)15(17)16(22)18-8-14(21)20(3)9-13-19-11-6-4-5-7-12(11)23-13;;/h4-7,10,15H,8-9,17H2,1-3H3,(H,18,22);2*1H/t15-;;/m0../s1. The molecule has 0 fully saturated rings. The van der Waals surface area contributed by atoms with Gasteiger partial charge in [-0.1, -0.05) is 26.0 Å². The van der Waals surface area contributed by atoms with Gasteiger partial charge < -0.3 is 16.0 Å². The number of thiazole rings is 1. The molecule has 0 aliphatic heterocycles. The molecule has 2 amide bonds. The highest BCUT2D eigenvalue weighted by Gasteiger charge is 2.19. The van der Waals surface area contributed by atoms with Gasteiger partial charge >= 0.3 is 0 Å². The highest BCUT2D eigenvalue weighted by Crippen LogP contribution is 2.22.